The molecule has 106 valence electrons. The molecule has 2 aromatic rings. The van der Waals surface area contributed by atoms with Gasteiger partial charge in [-0.15, -0.1) is 0 Å². The third-order valence-electron chi connectivity index (χ3n) is 3.41. The molecule has 0 saturated carbocycles. The monoisotopic (exact) mass is 269 g/mol. The van der Waals surface area contributed by atoms with Gasteiger partial charge in [-0.1, -0.05) is 19.1 Å². The van der Waals surface area contributed by atoms with Gasteiger partial charge in [-0.3, -0.25) is 0 Å². The molecule has 1 N–H and O–H groups in total. The van der Waals surface area contributed by atoms with Crippen molar-refractivity contribution >= 4 is 5.82 Å². The second kappa shape index (κ2) is 6.51. The van der Waals surface area contributed by atoms with Gasteiger partial charge in [0.25, 0.3) is 0 Å². The smallest absolute Gasteiger partial charge is 0.131 e. The molecule has 0 aliphatic rings. The van der Waals surface area contributed by atoms with Gasteiger partial charge in [0, 0.05) is 24.6 Å². The Balaban J connectivity index is 2.45. The predicted octanol–water partition coefficient (Wildman–Crippen LogP) is 4.14. The van der Waals surface area contributed by atoms with Gasteiger partial charge in [-0.25, -0.2) is 9.97 Å². The first kappa shape index (κ1) is 14.5. The van der Waals surface area contributed by atoms with Gasteiger partial charge in [0.15, 0.2) is 0 Å². The first-order valence-electron chi connectivity index (χ1n) is 7.33. The molecule has 0 radical (unpaired) electrons. The van der Waals surface area contributed by atoms with Crippen LogP contribution in [0, 0.1) is 13.8 Å². The molecule has 0 fully saturated rings. The number of aromatic nitrogens is 2. The first-order valence-corrected chi connectivity index (χ1v) is 7.33. The third-order valence-corrected chi connectivity index (χ3v) is 3.41. The van der Waals surface area contributed by atoms with Gasteiger partial charge in [0.05, 0.1) is 5.69 Å². The van der Waals surface area contributed by atoms with Crippen LogP contribution in [0.3, 0.4) is 0 Å². The Morgan fingerprint density at radius 1 is 1.00 bits per heavy atom. The SMILES string of the molecule is CCCc1nc(NCC)cc(-c2ccc(C)c(C)c2)n1. The van der Waals surface area contributed by atoms with Crippen molar-refractivity contribution in [2.75, 3.05) is 11.9 Å². The lowest BCUT2D eigenvalue weighted by molar-refractivity contribution is 0.836. The lowest BCUT2D eigenvalue weighted by Gasteiger charge is -2.10. The van der Waals surface area contributed by atoms with Gasteiger partial charge in [0.1, 0.15) is 11.6 Å². The Morgan fingerprint density at radius 2 is 1.80 bits per heavy atom. The summed E-state index contributed by atoms with van der Waals surface area (Å²) in [4.78, 5) is 9.25. The minimum absolute atomic E-state index is 0.870. The maximum absolute atomic E-state index is 4.70. The van der Waals surface area contributed by atoms with E-state index < -0.39 is 0 Å². The molecule has 0 aliphatic heterocycles. The van der Waals surface area contributed by atoms with Crippen LogP contribution >= 0.6 is 0 Å². The van der Waals surface area contributed by atoms with Crippen molar-refractivity contribution in [1.29, 1.82) is 0 Å². The Morgan fingerprint density at radius 3 is 2.45 bits per heavy atom. The van der Waals surface area contributed by atoms with E-state index in [4.69, 9.17) is 4.98 Å². The summed E-state index contributed by atoms with van der Waals surface area (Å²) in [5, 5.41) is 3.29. The zero-order valence-electron chi connectivity index (χ0n) is 12.8. The van der Waals surface area contributed by atoms with Crippen molar-refractivity contribution in [2.45, 2.75) is 40.5 Å². The lowest BCUT2D eigenvalue weighted by Crippen LogP contribution is -2.04. The number of hydrogen-bond acceptors (Lipinski definition) is 3. The van der Waals surface area contributed by atoms with Gasteiger partial charge < -0.3 is 5.32 Å². The number of hydrogen-bond donors (Lipinski definition) is 1. The molecule has 0 spiro atoms. The first-order chi connectivity index (χ1) is 9.63. The topological polar surface area (TPSA) is 37.8 Å². The van der Waals surface area contributed by atoms with Gasteiger partial charge in [-0.05, 0) is 44.4 Å². The van der Waals surface area contributed by atoms with Crippen LogP contribution in [0.2, 0.25) is 0 Å². The fraction of sp³-hybridized carbons (Fsp3) is 0.412. The number of anilines is 1. The van der Waals surface area contributed by atoms with Gasteiger partial charge >= 0.3 is 0 Å². The summed E-state index contributed by atoms with van der Waals surface area (Å²) >= 11 is 0. The van der Waals surface area contributed by atoms with Crippen LogP contribution in [0.5, 0.6) is 0 Å². The summed E-state index contributed by atoms with van der Waals surface area (Å²) in [5.41, 5.74) is 4.76. The Hall–Kier alpha value is -1.90. The highest BCUT2D eigenvalue weighted by Crippen LogP contribution is 2.23. The summed E-state index contributed by atoms with van der Waals surface area (Å²) in [6.45, 7) is 9.37. The highest BCUT2D eigenvalue weighted by Gasteiger charge is 2.07. The quantitative estimate of drug-likeness (QED) is 0.886. The molecule has 0 unspecified atom stereocenters. The van der Waals surface area contributed by atoms with E-state index in [2.05, 4.69) is 56.2 Å². The third kappa shape index (κ3) is 3.35. The van der Waals surface area contributed by atoms with Crippen molar-refractivity contribution < 1.29 is 0 Å². The van der Waals surface area contributed by atoms with E-state index in [0.717, 1.165) is 42.3 Å². The zero-order valence-corrected chi connectivity index (χ0v) is 12.8. The molecule has 0 atom stereocenters. The zero-order chi connectivity index (χ0) is 14.5. The number of benzene rings is 1. The molecular weight excluding hydrogens is 246 g/mol. The van der Waals surface area contributed by atoms with E-state index in [-0.39, 0.29) is 0 Å². The van der Waals surface area contributed by atoms with Crippen LogP contribution < -0.4 is 5.32 Å². The fourth-order valence-corrected chi connectivity index (χ4v) is 2.15. The van der Waals surface area contributed by atoms with Crippen molar-refractivity contribution in [2.24, 2.45) is 0 Å². The number of nitrogens with zero attached hydrogens (tertiary/aromatic N) is 2. The summed E-state index contributed by atoms with van der Waals surface area (Å²) in [5.74, 6) is 1.83. The Bertz CT molecular complexity index is 567. The molecule has 1 heterocycles. The highest BCUT2D eigenvalue weighted by atomic mass is 15.0. The summed E-state index contributed by atoms with van der Waals surface area (Å²) in [6.07, 6.45) is 1.97. The lowest BCUT2D eigenvalue weighted by atomic mass is 10.0. The Kier molecular flexibility index (Phi) is 4.72. The van der Waals surface area contributed by atoms with Crippen LogP contribution in [0.1, 0.15) is 37.2 Å². The van der Waals surface area contributed by atoms with E-state index in [0.29, 0.717) is 0 Å². The fourth-order valence-electron chi connectivity index (χ4n) is 2.15. The second-order valence-electron chi connectivity index (χ2n) is 5.13. The molecule has 0 aliphatic carbocycles. The number of nitrogens with one attached hydrogen (secondary N) is 1. The molecule has 1 aromatic carbocycles. The summed E-state index contributed by atoms with van der Waals surface area (Å²) in [7, 11) is 0. The standard InChI is InChI=1S/C17H23N3/c1-5-7-16-19-15(11-17(20-16)18-6-2)14-9-8-12(3)13(4)10-14/h8-11H,5-7H2,1-4H3,(H,18,19,20). The van der Waals surface area contributed by atoms with Crippen molar-refractivity contribution in [3.05, 3.63) is 41.2 Å². The average molecular weight is 269 g/mol. The van der Waals surface area contributed by atoms with Crippen LogP contribution in [-0.2, 0) is 6.42 Å². The molecule has 1 aromatic heterocycles. The average Bonchev–Trinajstić information content (AvgIpc) is 2.42. The van der Waals surface area contributed by atoms with Gasteiger partial charge in [-0.2, -0.15) is 0 Å². The molecule has 3 heteroatoms. The summed E-state index contributed by atoms with van der Waals surface area (Å²) in [6, 6.07) is 8.52. The maximum atomic E-state index is 4.70. The van der Waals surface area contributed by atoms with Crippen LogP contribution in [0.4, 0.5) is 5.82 Å². The van der Waals surface area contributed by atoms with E-state index in [1.807, 2.05) is 6.07 Å². The van der Waals surface area contributed by atoms with Crippen molar-refractivity contribution in [1.82, 2.24) is 9.97 Å². The van der Waals surface area contributed by atoms with E-state index in [1.165, 1.54) is 11.1 Å². The minimum atomic E-state index is 0.870. The van der Waals surface area contributed by atoms with E-state index >= 15 is 0 Å². The molecule has 2 rings (SSSR count). The maximum Gasteiger partial charge on any atom is 0.131 e. The summed E-state index contributed by atoms with van der Waals surface area (Å²) < 4.78 is 0. The molecule has 0 saturated heterocycles. The van der Waals surface area contributed by atoms with Crippen LogP contribution in [0.25, 0.3) is 11.3 Å². The largest absolute Gasteiger partial charge is 0.370 e. The van der Waals surface area contributed by atoms with E-state index in [9.17, 15) is 0 Å². The molecule has 0 bridgehead atoms. The Labute approximate surface area is 121 Å². The second-order valence-corrected chi connectivity index (χ2v) is 5.13. The van der Waals surface area contributed by atoms with Crippen LogP contribution in [-0.4, -0.2) is 16.5 Å². The number of aryl methyl sites for hydroxylation is 3. The van der Waals surface area contributed by atoms with Gasteiger partial charge in [0.2, 0.25) is 0 Å². The molecular formula is C17H23N3. The normalized spacial score (nSPS) is 10.6. The van der Waals surface area contributed by atoms with Crippen molar-refractivity contribution in [3.8, 4) is 11.3 Å². The van der Waals surface area contributed by atoms with Crippen LogP contribution in [0.15, 0.2) is 24.3 Å². The highest BCUT2D eigenvalue weighted by molar-refractivity contribution is 5.64. The minimum Gasteiger partial charge on any atom is -0.370 e. The molecule has 3 nitrogen and oxygen atoms in total. The van der Waals surface area contributed by atoms with E-state index in [1.54, 1.807) is 0 Å². The molecule has 0 amide bonds. The predicted molar refractivity (Wildman–Crippen MR) is 85.1 cm³/mol. The van der Waals surface area contributed by atoms with Crippen molar-refractivity contribution in [3.63, 3.8) is 0 Å². The molecule has 20 heavy (non-hydrogen) atoms. The number of rotatable bonds is 5.